The first-order valence-corrected chi connectivity index (χ1v) is 5.77. The minimum atomic E-state index is -0.759. The van der Waals surface area contributed by atoms with Crippen molar-refractivity contribution < 1.29 is 14.6 Å². The molecule has 4 heteroatoms. The van der Waals surface area contributed by atoms with Crippen LogP contribution in [0.2, 0.25) is 0 Å². The molecule has 0 saturated carbocycles. The summed E-state index contributed by atoms with van der Waals surface area (Å²) < 4.78 is 5.34. The number of methoxy groups -OCH3 is 1. The van der Waals surface area contributed by atoms with Gasteiger partial charge in [-0.25, -0.2) is 0 Å². The fourth-order valence-corrected chi connectivity index (χ4v) is 2.43. The van der Waals surface area contributed by atoms with Crippen LogP contribution in [0, 0.1) is 0 Å². The van der Waals surface area contributed by atoms with Gasteiger partial charge in [0.1, 0.15) is 5.75 Å². The van der Waals surface area contributed by atoms with Gasteiger partial charge in [-0.3, -0.25) is 9.69 Å². The quantitative estimate of drug-likeness (QED) is 0.860. The molecule has 0 bridgehead atoms. The first-order valence-electron chi connectivity index (χ1n) is 5.77. The van der Waals surface area contributed by atoms with Crippen LogP contribution >= 0.6 is 0 Å². The maximum Gasteiger partial charge on any atom is 0.317 e. The normalized spacial score (nSPS) is 20.4. The molecule has 1 unspecified atom stereocenters. The average molecular weight is 235 g/mol. The minimum absolute atomic E-state index is 0.131. The van der Waals surface area contributed by atoms with E-state index in [0.717, 1.165) is 25.3 Å². The van der Waals surface area contributed by atoms with E-state index in [1.54, 1.807) is 7.11 Å². The molecule has 4 nitrogen and oxygen atoms in total. The molecule has 1 N–H and O–H groups in total. The van der Waals surface area contributed by atoms with Crippen LogP contribution in [0.5, 0.6) is 5.75 Å². The zero-order valence-corrected chi connectivity index (χ0v) is 9.93. The lowest BCUT2D eigenvalue weighted by Gasteiger charge is -2.15. The number of carboxylic acid groups (broad SMARTS) is 1. The first-order chi connectivity index (χ1) is 8.20. The fraction of sp³-hybridized carbons (Fsp3) is 0.462. The molecule has 92 valence electrons. The summed E-state index contributed by atoms with van der Waals surface area (Å²) in [5.74, 6) is 0.519. The van der Waals surface area contributed by atoms with E-state index in [4.69, 9.17) is 9.84 Å². The summed E-state index contributed by atoms with van der Waals surface area (Å²) in [5, 5.41) is 8.77. The van der Waals surface area contributed by atoms with E-state index in [2.05, 4.69) is 6.07 Å². The third-order valence-corrected chi connectivity index (χ3v) is 3.21. The zero-order chi connectivity index (χ0) is 12.3. The zero-order valence-electron chi connectivity index (χ0n) is 9.93. The largest absolute Gasteiger partial charge is 0.496 e. The number of hydrogen-bond donors (Lipinski definition) is 1. The van der Waals surface area contributed by atoms with E-state index in [1.165, 1.54) is 5.56 Å². The Labute approximate surface area is 101 Å². The van der Waals surface area contributed by atoms with Crippen molar-refractivity contribution in [1.82, 2.24) is 4.90 Å². The Morgan fingerprint density at radius 1 is 1.53 bits per heavy atom. The molecule has 1 saturated heterocycles. The molecule has 0 radical (unpaired) electrons. The van der Waals surface area contributed by atoms with Gasteiger partial charge in [-0.1, -0.05) is 18.2 Å². The monoisotopic (exact) mass is 235 g/mol. The predicted molar refractivity (Wildman–Crippen MR) is 64.4 cm³/mol. The molecule has 0 aliphatic carbocycles. The number of benzene rings is 1. The molecule has 0 spiro atoms. The number of nitrogens with zero attached hydrogens (tertiary/aromatic N) is 1. The molecule has 17 heavy (non-hydrogen) atoms. The lowest BCUT2D eigenvalue weighted by molar-refractivity contribution is -0.138. The number of rotatable bonds is 4. The van der Waals surface area contributed by atoms with Crippen molar-refractivity contribution in [1.29, 1.82) is 0 Å². The molecule has 1 atom stereocenters. The summed E-state index contributed by atoms with van der Waals surface area (Å²) in [7, 11) is 1.67. The second-order valence-corrected chi connectivity index (χ2v) is 4.36. The predicted octanol–water partition coefficient (Wildman–Crippen LogP) is 1.57. The number of hydrogen-bond acceptors (Lipinski definition) is 3. The van der Waals surface area contributed by atoms with Gasteiger partial charge in [0.25, 0.3) is 0 Å². The highest BCUT2D eigenvalue weighted by atomic mass is 16.5. The van der Waals surface area contributed by atoms with Crippen LogP contribution < -0.4 is 4.74 Å². The summed E-state index contributed by atoms with van der Waals surface area (Å²) in [5.41, 5.74) is 1.18. The second kappa shape index (κ2) is 5.19. The highest BCUT2D eigenvalue weighted by Gasteiger charge is 2.26. The van der Waals surface area contributed by atoms with E-state index in [0.29, 0.717) is 5.92 Å². The van der Waals surface area contributed by atoms with Gasteiger partial charge < -0.3 is 9.84 Å². The summed E-state index contributed by atoms with van der Waals surface area (Å²) >= 11 is 0. The van der Waals surface area contributed by atoms with Gasteiger partial charge in [0, 0.05) is 12.5 Å². The summed E-state index contributed by atoms with van der Waals surface area (Å²) in [6.07, 6.45) is 0.994. The topological polar surface area (TPSA) is 49.8 Å². The van der Waals surface area contributed by atoms with Gasteiger partial charge >= 0.3 is 5.97 Å². The van der Waals surface area contributed by atoms with Crippen molar-refractivity contribution in [3.05, 3.63) is 29.8 Å². The van der Waals surface area contributed by atoms with E-state index in [-0.39, 0.29) is 6.54 Å². The smallest absolute Gasteiger partial charge is 0.317 e. The molecule has 0 amide bonds. The van der Waals surface area contributed by atoms with Crippen molar-refractivity contribution in [2.24, 2.45) is 0 Å². The van der Waals surface area contributed by atoms with Crippen LogP contribution in [-0.2, 0) is 4.79 Å². The summed E-state index contributed by atoms with van der Waals surface area (Å²) in [6.45, 7) is 1.77. The number of aliphatic carboxylic acids is 1. The van der Waals surface area contributed by atoms with Gasteiger partial charge in [-0.2, -0.15) is 0 Å². The molecule has 0 aromatic heterocycles. The van der Waals surface area contributed by atoms with Crippen LogP contribution in [0.15, 0.2) is 24.3 Å². The van der Waals surface area contributed by atoms with Gasteiger partial charge in [0.05, 0.1) is 13.7 Å². The maximum atomic E-state index is 10.7. The molecule has 1 aliphatic rings. The van der Waals surface area contributed by atoms with Crippen LogP contribution in [0.25, 0.3) is 0 Å². The van der Waals surface area contributed by atoms with Crippen molar-refractivity contribution in [3.63, 3.8) is 0 Å². The van der Waals surface area contributed by atoms with Crippen molar-refractivity contribution >= 4 is 5.97 Å². The van der Waals surface area contributed by atoms with Crippen LogP contribution in [0.3, 0.4) is 0 Å². The van der Waals surface area contributed by atoms with Crippen molar-refractivity contribution in [3.8, 4) is 5.75 Å². The molecule has 1 fully saturated rings. The first kappa shape index (κ1) is 11.9. The van der Waals surface area contributed by atoms with Crippen LogP contribution in [0.1, 0.15) is 17.9 Å². The molecular weight excluding hydrogens is 218 g/mol. The molecule has 1 aliphatic heterocycles. The van der Waals surface area contributed by atoms with E-state index < -0.39 is 5.97 Å². The van der Waals surface area contributed by atoms with Crippen LogP contribution in [0.4, 0.5) is 0 Å². The Morgan fingerprint density at radius 3 is 3.00 bits per heavy atom. The van der Waals surface area contributed by atoms with Gasteiger partial charge in [-0.15, -0.1) is 0 Å². The Bertz CT molecular complexity index is 405. The van der Waals surface area contributed by atoms with Gasteiger partial charge in [-0.05, 0) is 24.6 Å². The number of carbonyl (C=O) groups is 1. The Hall–Kier alpha value is -1.55. The lowest BCUT2D eigenvalue weighted by atomic mass is 9.97. The highest BCUT2D eigenvalue weighted by molar-refractivity contribution is 5.69. The van der Waals surface area contributed by atoms with Gasteiger partial charge in [0.2, 0.25) is 0 Å². The Balaban J connectivity index is 2.07. The summed E-state index contributed by atoms with van der Waals surface area (Å²) in [6, 6.07) is 7.97. The van der Waals surface area contributed by atoms with Crippen molar-refractivity contribution in [2.75, 3.05) is 26.7 Å². The number of para-hydroxylation sites is 1. The standard InChI is InChI=1S/C13H17NO3/c1-17-12-5-3-2-4-11(12)10-6-7-14(8-10)9-13(15)16/h2-5,10H,6-9H2,1H3,(H,15,16). The second-order valence-electron chi connectivity index (χ2n) is 4.36. The number of likely N-dealkylation sites (tertiary alicyclic amines) is 1. The molecule has 1 heterocycles. The maximum absolute atomic E-state index is 10.7. The highest BCUT2D eigenvalue weighted by Crippen LogP contribution is 2.32. The van der Waals surface area contributed by atoms with Gasteiger partial charge in [0.15, 0.2) is 0 Å². The lowest BCUT2D eigenvalue weighted by Crippen LogP contribution is -2.27. The molecule has 1 aromatic carbocycles. The molecular formula is C13H17NO3. The minimum Gasteiger partial charge on any atom is -0.496 e. The third-order valence-electron chi connectivity index (χ3n) is 3.21. The van der Waals surface area contributed by atoms with Crippen molar-refractivity contribution in [2.45, 2.75) is 12.3 Å². The SMILES string of the molecule is COc1ccccc1C1CCN(CC(=O)O)C1. The van der Waals surface area contributed by atoms with E-state index >= 15 is 0 Å². The Kier molecular flexibility index (Phi) is 3.64. The Morgan fingerprint density at radius 2 is 2.29 bits per heavy atom. The fourth-order valence-electron chi connectivity index (χ4n) is 2.43. The number of carboxylic acids is 1. The average Bonchev–Trinajstić information content (AvgIpc) is 2.76. The third kappa shape index (κ3) is 2.77. The van der Waals surface area contributed by atoms with Crippen LogP contribution in [-0.4, -0.2) is 42.7 Å². The molecule has 2 rings (SSSR count). The van der Waals surface area contributed by atoms with E-state index in [9.17, 15) is 4.79 Å². The number of ether oxygens (including phenoxy) is 1. The van der Waals surface area contributed by atoms with E-state index in [1.807, 2.05) is 23.1 Å². The molecule has 1 aromatic rings. The summed E-state index contributed by atoms with van der Waals surface area (Å²) in [4.78, 5) is 12.6.